The molecule has 2 aromatic rings. The number of hydrogen-bond acceptors (Lipinski definition) is 4. The molecular weight excluding hydrogens is 407 g/mol. The van der Waals surface area contributed by atoms with Gasteiger partial charge in [-0.05, 0) is 17.7 Å². The average Bonchev–Trinajstić information content (AvgIpc) is 2.59. The van der Waals surface area contributed by atoms with Crippen LogP contribution in [0.5, 0.6) is 0 Å². The van der Waals surface area contributed by atoms with E-state index in [1.54, 1.807) is 12.1 Å². The van der Waals surface area contributed by atoms with Gasteiger partial charge in [0.2, 0.25) is 0 Å². The maximum Gasteiger partial charge on any atom is 0.163 e. The van der Waals surface area contributed by atoms with Gasteiger partial charge in [0.05, 0.1) is 11.6 Å². The normalized spacial score (nSPS) is 20.5. The van der Waals surface area contributed by atoms with Crippen LogP contribution in [0.4, 0.5) is 0 Å². The molecule has 0 aliphatic carbocycles. The number of benzene rings is 2. The highest BCUT2D eigenvalue weighted by Crippen LogP contribution is 2.42. The van der Waals surface area contributed by atoms with Crippen molar-refractivity contribution in [2.24, 2.45) is 0 Å². The maximum absolute atomic E-state index is 11.3. The third-order valence-corrected chi connectivity index (χ3v) is 6.00. The van der Waals surface area contributed by atoms with Gasteiger partial charge in [0.15, 0.2) is 16.0 Å². The number of halogens is 3. The highest BCUT2D eigenvalue weighted by molar-refractivity contribution is 8.00. The molecule has 0 amide bonds. The van der Waals surface area contributed by atoms with Crippen LogP contribution < -0.4 is 0 Å². The Hall–Kier alpha value is -1.18. The van der Waals surface area contributed by atoms with Crippen molar-refractivity contribution in [3.63, 3.8) is 0 Å². The topological polar surface area (TPSA) is 55.6 Å². The largest absolute Gasteiger partial charge is 0.357 e. The van der Waals surface area contributed by atoms with Crippen molar-refractivity contribution < 1.29 is 9.77 Å². The minimum atomic E-state index is -0.706. The van der Waals surface area contributed by atoms with Gasteiger partial charge in [0, 0.05) is 15.5 Å². The molecule has 5 nitrogen and oxygen atoms in total. The fourth-order valence-corrected chi connectivity index (χ4v) is 4.51. The lowest BCUT2D eigenvalue weighted by Gasteiger charge is -2.31. The third kappa shape index (κ3) is 4.15. The lowest BCUT2D eigenvalue weighted by molar-refractivity contribution is -0.664. The van der Waals surface area contributed by atoms with Crippen LogP contribution in [0, 0.1) is 10.1 Å². The average molecular weight is 420 g/mol. The Morgan fingerprint density at radius 3 is 2.60 bits per heavy atom. The zero-order valence-electron chi connectivity index (χ0n) is 12.8. The first-order valence-corrected chi connectivity index (χ1v) is 9.41. The highest BCUT2D eigenvalue weighted by Gasteiger charge is 2.36. The summed E-state index contributed by atoms with van der Waals surface area (Å²) in [5.41, 5.74) is 0.878. The molecule has 0 N–H and O–H groups in total. The van der Waals surface area contributed by atoms with Gasteiger partial charge in [-0.2, -0.15) is 0 Å². The first kappa shape index (κ1) is 18.6. The first-order chi connectivity index (χ1) is 12.0. The molecule has 132 valence electrons. The molecule has 1 aliphatic heterocycles. The molecule has 0 spiro atoms. The summed E-state index contributed by atoms with van der Waals surface area (Å²) >= 11 is 20.0. The van der Waals surface area contributed by atoms with Gasteiger partial charge in [-0.3, -0.25) is 0 Å². The van der Waals surface area contributed by atoms with E-state index in [2.05, 4.69) is 0 Å². The second-order valence-electron chi connectivity index (χ2n) is 5.28. The molecule has 0 saturated carbocycles. The van der Waals surface area contributed by atoms with Gasteiger partial charge < -0.3 is 4.74 Å². The van der Waals surface area contributed by atoms with Gasteiger partial charge in [-0.25, -0.2) is 10.1 Å². The lowest BCUT2D eigenvalue weighted by Crippen LogP contribution is -2.49. The van der Waals surface area contributed by atoms with Crippen LogP contribution in [0.3, 0.4) is 0 Å². The fraction of sp³-hybridized carbons (Fsp3) is 0.250. The summed E-state index contributed by atoms with van der Waals surface area (Å²) in [5.74, 6) is 0. The lowest BCUT2D eigenvalue weighted by atomic mass is 10.1. The van der Waals surface area contributed by atoms with Crippen LogP contribution in [0.2, 0.25) is 10.0 Å². The third-order valence-electron chi connectivity index (χ3n) is 3.67. The highest BCUT2D eigenvalue weighted by atomic mass is 35.5. The zero-order chi connectivity index (χ0) is 18.0. The van der Waals surface area contributed by atoms with Crippen molar-refractivity contribution >= 4 is 46.6 Å². The Balaban J connectivity index is 1.92. The summed E-state index contributed by atoms with van der Waals surface area (Å²) in [4.78, 5) is 12.0. The van der Waals surface area contributed by atoms with E-state index < -0.39 is 16.0 Å². The number of rotatable bonds is 4. The van der Waals surface area contributed by atoms with E-state index in [0.717, 1.165) is 10.6 Å². The molecule has 9 heteroatoms. The number of thioether (sulfide) groups is 1. The van der Waals surface area contributed by atoms with E-state index in [0.29, 0.717) is 20.5 Å². The molecule has 2 unspecified atom stereocenters. The molecule has 0 aromatic heterocycles. The Morgan fingerprint density at radius 1 is 1.20 bits per heavy atom. The molecule has 0 radical (unpaired) electrons. The van der Waals surface area contributed by atoms with Crippen LogP contribution in [0.25, 0.3) is 11.1 Å². The molecule has 3 rings (SSSR count). The smallest absolute Gasteiger partial charge is 0.163 e. The van der Waals surface area contributed by atoms with Crippen molar-refractivity contribution in [3.05, 3.63) is 62.6 Å². The summed E-state index contributed by atoms with van der Waals surface area (Å²) in [6.45, 7) is 0.127. The molecule has 1 aliphatic rings. The second-order valence-corrected chi connectivity index (χ2v) is 7.77. The Morgan fingerprint density at radius 2 is 1.92 bits per heavy atom. The molecule has 2 aromatic carbocycles. The van der Waals surface area contributed by atoms with Gasteiger partial charge >= 0.3 is 0 Å². The Kier molecular flexibility index (Phi) is 5.96. The van der Waals surface area contributed by atoms with Gasteiger partial charge in [-0.15, -0.1) is 5.01 Å². The number of ether oxygens (including phenoxy) is 1. The predicted octanol–water partition coefficient (Wildman–Crippen LogP) is 5.17. The van der Waals surface area contributed by atoms with Crippen LogP contribution in [0.1, 0.15) is 0 Å². The van der Waals surface area contributed by atoms with Crippen LogP contribution in [-0.4, -0.2) is 34.1 Å². The van der Waals surface area contributed by atoms with Crippen molar-refractivity contribution in [3.8, 4) is 11.1 Å². The maximum atomic E-state index is 11.3. The molecular formula is C16H13Cl3N2O3S. The number of hydrogen-bond donors (Lipinski definition) is 0. The van der Waals surface area contributed by atoms with E-state index in [-0.39, 0.29) is 13.2 Å². The number of nitro groups is 1. The summed E-state index contributed by atoms with van der Waals surface area (Å²) in [6.07, 6.45) is 0. The quantitative estimate of drug-likeness (QED) is 0.389. The van der Waals surface area contributed by atoms with Crippen molar-refractivity contribution in [2.45, 2.75) is 15.8 Å². The Labute approximate surface area is 163 Å². The fourth-order valence-electron chi connectivity index (χ4n) is 2.50. The number of alkyl halides is 1. The number of morpholine rings is 1. The monoisotopic (exact) mass is 418 g/mol. The standard InChI is InChI=1S/C16H13Cl3N2O3S/c17-11-6-7-12(16(19)15(11)10-4-2-1-3-5-10)25-14-9-24-13(18)8-20(14)21(22)23/h1-7,13-14H,8-9H2. The molecule has 25 heavy (non-hydrogen) atoms. The molecule has 0 bridgehead atoms. The van der Waals surface area contributed by atoms with Crippen molar-refractivity contribution in [1.29, 1.82) is 0 Å². The SMILES string of the molecule is O=[N+]([O-])N1CC(Cl)OCC1Sc1ccc(Cl)c(-c2ccccc2)c1Cl. The predicted molar refractivity (Wildman–Crippen MR) is 101 cm³/mol. The number of hydrazine groups is 1. The minimum absolute atomic E-state index is 0.00295. The molecule has 2 atom stereocenters. The summed E-state index contributed by atoms with van der Waals surface area (Å²) in [6, 6.07) is 13.0. The Bertz CT molecular complexity index is 779. The van der Waals surface area contributed by atoms with Crippen molar-refractivity contribution in [2.75, 3.05) is 13.2 Å². The molecule has 1 saturated heterocycles. The van der Waals surface area contributed by atoms with Gasteiger partial charge in [0.1, 0.15) is 6.54 Å². The van der Waals surface area contributed by atoms with Gasteiger partial charge in [0.25, 0.3) is 0 Å². The second kappa shape index (κ2) is 8.01. The first-order valence-electron chi connectivity index (χ1n) is 7.34. The van der Waals surface area contributed by atoms with E-state index in [9.17, 15) is 10.1 Å². The summed E-state index contributed by atoms with van der Waals surface area (Å²) < 4.78 is 5.35. The summed E-state index contributed by atoms with van der Waals surface area (Å²) in [5, 5.41) is 12.3. The minimum Gasteiger partial charge on any atom is -0.357 e. The number of nitrogens with zero attached hydrogens (tertiary/aromatic N) is 2. The van der Waals surface area contributed by atoms with Crippen LogP contribution in [-0.2, 0) is 4.74 Å². The van der Waals surface area contributed by atoms with E-state index in [4.69, 9.17) is 39.5 Å². The summed E-state index contributed by atoms with van der Waals surface area (Å²) in [7, 11) is 0. The zero-order valence-corrected chi connectivity index (χ0v) is 15.9. The van der Waals surface area contributed by atoms with Crippen LogP contribution >= 0.6 is 46.6 Å². The molecule has 1 fully saturated rings. The molecule has 1 heterocycles. The van der Waals surface area contributed by atoms with Crippen LogP contribution in [0.15, 0.2) is 47.4 Å². The van der Waals surface area contributed by atoms with Gasteiger partial charge in [-0.1, -0.05) is 76.9 Å². The van der Waals surface area contributed by atoms with Crippen molar-refractivity contribution in [1.82, 2.24) is 5.01 Å². The van der Waals surface area contributed by atoms with E-state index in [1.165, 1.54) is 11.8 Å². The van der Waals surface area contributed by atoms with E-state index in [1.807, 2.05) is 30.3 Å². The van der Waals surface area contributed by atoms with E-state index >= 15 is 0 Å².